The van der Waals surface area contributed by atoms with Gasteiger partial charge >= 0.3 is 0 Å². The summed E-state index contributed by atoms with van der Waals surface area (Å²) in [5.74, 6) is -0.229. The summed E-state index contributed by atoms with van der Waals surface area (Å²) >= 11 is 0. The molecule has 0 amide bonds. The molecule has 2 rings (SSSR count). The van der Waals surface area contributed by atoms with Gasteiger partial charge in [0.25, 0.3) is 0 Å². The van der Waals surface area contributed by atoms with Gasteiger partial charge in [-0.1, -0.05) is 12.1 Å². The predicted molar refractivity (Wildman–Crippen MR) is 68.7 cm³/mol. The Morgan fingerprint density at radius 2 is 1.94 bits per heavy atom. The van der Waals surface area contributed by atoms with Crippen molar-refractivity contribution in [3.8, 4) is 0 Å². The van der Waals surface area contributed by atoms with E-state index in [4.69, 9.17) is 5.11 Å². The summed E-state index contributed by atoms with van der Waals surface area (Å²) in [6.07, 6.45) is 1.67. The van der Waals surface area contributed by atoms with Crippen molar-refractivity contribution < 1.29 is 9.50 Å². The van der Waals surface area contributed by atoms with Crippen LogP contribution in [-0.2, 0) is 13.2 Å². The van der Waals surface area contributed by atoms with Crippen LogP contribution >= 0.6 is 0 Å². The molecular formula is C14H15FN2O. The van der Waals surface area contributed by atoms with Gasteiger partial charge in [-0.05, 0) is 29.8 Å². The Morgan fingerprint density at radius 1 is 1.22 bits per heavy atom. The second kappa shape index (κ2) is 5.60. The topological polar surface area (TPSA) is 36.4 Å². The number of aliphatic hydroxyl groups is 1. The van der Waals surface area contributed by atoms with Crippen LogP contribution in [0, 0.1) is 5.82 Å². The molecule has 0 radical (unpaired) electrons. The predicted octanol–water partition coefficient (Wildman–Crippen LogP) is 2.35. The van der Waals surface area contributed by atoms with E-state index in [-0.39, 0.29) is 12.4 Å². The number of aromatic nitrogens is 1. The molecule has 18 heavy (non-hydrogen) atoms. The quantitative estimate of drug-likeness (QED) is 0.899. The first-order valence-corrected chi connectivity index (χ1v) is 5.70. The smallest absolute Gasteiger partial charge is 0.123 e. The van der Waals surface area contributed by atoms with E-state index in [0.717, 1.165) is 11.3 Å². The molecule has 4 heteroatoms. The second-order valence-corrected chi connectivity index (χ2v) is 4.15. The molecule has 0 bridgehead atoms. The average Bonchev–Trinajstić information content (AvgIpc) is 2.41. The van der Waals surface area contributed by atoms with Gasteiger partial charge in [0.05, 0.1) is 12.3 Å². The number of benzene rings is 1. The van der Waals surface area contributed by atoms with Crippen LogP contribution < -0.4 is 4.90 Å². The number of hydrogen-bond acceptors (Lipinski definition) is 3. The molecule has 0 unspecified atom stereocenters. The zero-order chi connectivity index (χ0) is 13.0. The molecule has 0 fully saturated rings. The molecule has 0 spiro atoms. The van der Waals surface area contributed by atoms with E-state index in [1.807, 2.05) is 24.1 Å². The highest BCUT2D eigenvalue weighted by Gasteiger charge is 2.03. The van der Waals surface area contributed by atoms with E-state index in [9.17, 15) is 4.39 Å². The number of hydrogen-bond donors (Lipinski definition) is 1. The molecule has 1 aromatic carbocycles. The van der Waals surface area contributed by atoms with Crippen molar-refractivity contribution in [2.24, 2.45) is 0 Å². The summed E-state index contributed by atoms with van der Waals surface area (Å²) in [5, 5.41) is 9.04. The van der Waals surface area contributed by atoms with E-state index in [1.165, 1.54) is 12.1 Å². The lowest BCUT2D eigenvalue weighted by atomic mass is 10.2. The SMILES string of the molecule is CN(Cc1ccc(F)cc1)c1ccnc(CO)c1. The first kappa shape index (κ1) is 12.5. The van der Waals surface area contributed by atoms with Crippen molar-refractivity contribution in [2.75, 3.05) is 11.9 Å². The number of anilines is 1. The second-order valence-electron chi connectivity index (χ2n) is 4.15. The molecule has 3 nitrogen and oxygen atoms in total. The number of rotatable bonds is 4. The molecule has 0 saturated heterocycles. The minimum Gasteiger partial charge on any atom is -0.390 e. The zero-order valence-electron chi connectivity index (χ0n) is 10.2. The lowest BCUT2D eigenvalue weighted by molar-refractivity contribution is 0.277. The van der Waals surface area contributed by atoms with Crippen LogP contribution in [0.15, 0.2) is 42.6 Å². The van der Waals surface area contributed by atoms with Crippen LogP contribution in [0.2, 0.25) is 0 Å². The highest BCUT2D eigenvalue weighted by molar-refractivity contribution is 5.46. The minimum atomic E-state index is -0.229. The van der Waals surface area contributed by atoms with Gasteiger partial charge in [-0.3, -0.25) is 4.98 Å². The van der Waals surface area contributed by atoms with Gasteiger partial charge in [0.15, 0.2) is 0 Å². The Morgan fingerprint density at radius 3 is 2.61 bits per heavy atom. The third-order valence-electron chi connectivity index (χ3n) is 2.74. The Bertz CT molecular complexity index is 513. The van der Waals surface area contributed by atoms with Crippen molar-refractivity contribution >= 4 is 5.69 Å². The van der Waals surface area contributed by atoms with Gasteiger partial charge in [0.2, 0.25) is 0 Å². The summed E-state index contributed by atoms with van der Waals surface area (Å²) in [7, 11) is 1.94. The van der Waals surface area contributed by atoms with Crippen molar-refractivity contribution in [2.45, 2.75) is 13.2 Å². The normalized spacial score (nSPS) is 10.4. The molecule has 0 aliphatic rings. The van der Waals surface area contributed by atoms with Gasteiger partial charge < -0.3 is 10.0 Å². The minimum absolute atomic E-state index is 0.0712. The maximum absolute atomic E-state index is 12.8. The Balaban J connectivity index is 2.11. The van der Waals surface area contributed by atoms with E-state index < -0.39 is 0 Å². The van der Waals surface area contributed by atoms with Gasteiger partial charge in [-0.25, -0.2) is 4.39 Å². The summed E-state index contributed by atoms with van der Waals surface area (Å²) in [6.45, 7) is 0.605. The molecule has 0 aliphatic carbocycles. The molecular weight excluding hydrogens is 231 g/mol. The maximum Gasteiger partial charge on any atom is 0.123 e. The molecule has 1 N–H and O–H groups in total. The van der Waals surface area contributed by atoms with Crippen LogP contribution in [0.3, 0.4) is 0 Å². The van der Waals surface area contributed by atoms with E-state index in [0.29, 0.717) is 12.2 Å². The fourth-order valence-electron chi connectivity index (χ4n) is 1.74. The first-order chi connectivity index (χ1) is 8.69. The lowest BCUT2D eigenvalue weighted by Gasteiger charge is -2.19. The highest BCUT2D eigenvalue weighted by atomic mass is 19.1. The third kappa shape index (κ3) is 3.05. The molecule has 2 aromatic rings. The number of nitrogens with zero attached hydrogens (tertiary/aromatic N) is 2. The molecule has 1 heterocycles. The lowest BCUT2D eigenvalue weighted by Crippen LogP contribution is -2.16. The third-order valence-corrected chi connectivity index (χ3v) is 2.74. The molecule has 0 aliphatic heterocycles. The number of pyridine rings is 1. The van der Waals surface area contributed by atoms with Crippen molar-refractivity contribution in [1.82, 2.24) is 4.98 Å². The van der Waals surface area contributed by atoms with Crippen molar-refractivity contribution in [3.63, 3.8) is 0 Å². The van der Waals surface area contributed by atoms with E-state index in [2.05, 4.69) is 4.98 Å². The molecule has 0 atom stereocenters. The molecule has 1 aromatic heterocycles. The zero-order valence-corrected chi connectivity index (χ0v) is 10.2. The largest absolute Gasteiger partial charge is 0.390 e. The maximum atomic E-state index is 12.8. The molecule has 0 saturated carbocycles. The first-order valence-electron chi connectivity index (χ1n) is 5.70. The fourth-order valence-corrected chi connectivity index (χ4v) is 1.74. The van der Waals surface area contributed by atoms with Crippen LogP contribution in [0.4, 0.5) is 10.1 Å². The fraction of sp³-hybridized carbons (Fsp3) is 0.214. The van der Waals surface area contributed by atoms with Crippen molar-refractivity contribution in [3.05, 3.63) is 59.7 Å². The van der Waals surface area contributed by atoms with Crippen LogP contribution in [-0.4, -0.2) is 17.1 Å². The number of halogens is 1. The standard InChI is InChI=1S/C14H15FN2O/c1-17(9-11-2-4-12(15)5-3-11)14-6-7-16-13(8-14)10-18/h2-8,18H,9-10H2,1H3. The van der Waals surface area contributed by atoms with Crippen LogP contribution in [0.25, 0.3) is 0 Å². The van der Waals surface area contributed by atoms with Gasteiger partial charge in [0.1, 0.15) is 5.82 Å². The Kier molecular flexibility index (Phi) is 3.89. The highest BCUT2D eigenvalue weighted by Crippen LogP contribution is 2.16. The monoisotopic (exact) mass is 246 g/mol. The van der Waals surface area contributed by atoms with Crippen molar-refractivity contribution in [1.29, 1.82) is 0 Å². The van der Waals surface area contributed by atoms with Gasteiger partial charge in [-0.2, -0.15) is 0 Å². The van der Waals surface area contributed by atoms with Gasteiger partial charge in [-0.15, -0.1) is 0 Å². The van der Waals surface area contributed by atoms with Crippen LogP contribution in [0.5, 0.6) is 0 Å². The summed E-state index contributed by atoms with van der Waals surface area (Å²) in [6, 6.07) is 10.1. The Hall–Kier alpha value is -1.94. The summed E-state index contributed by atoms with van der Waals surface area (Å²) in [4.78, 5) is 6.05. The number of aliphatic hydroxyl groups excluding tert-OH is 1. The Labute approximate surface area is 106 Å². The van der Waals surface area contributed by atoms with Gasteiger partial charge in [0, 0.05) is 25.5 Å². The molecule has 94 valence electrons. The van der Waals surface area contributed by atoms with Crippen LogP contribution in [0.1, 0.15) is 11.3 Å². The average molecular weight is 246 g/mol. The summed E-state index contributed by atoms with van der Waals surface area (Å²) < 4.78 is 12.8. The summed E-state index contributed by atoms with van der Waals surface area (Å²) in [5.41, 5.74) is 2.64. The van der Waals surface area contributed by atoms with E-state index in [1.54, 1.807) is 18.3 Å². The van der Waals surface area contributed by atoms with E-state index >= 15 is 0 Å².